The molecule has 7 nitrogen and oxygen atoms in total. The normalized spacial score (nSPS) is 28.3. The van der Waals surface area contributed by atoms with E-state index in [4.69, 9.17) is 4.74 Å². The summed E-state index contributed by atoms with van der Waals surface area (Å²) < 4.78 is 33.4. The van der Waals surface area contributed by atoms with Gasteiger partial charge in [0.15, 0.2) is 6.23 Å². The zero-order valence-electron chi connectivity index (χ0n) is 15.8. The number of halogens is 2. The summed E-state index contributed by atoms with van der Waals surface area (Å²) in [5.74, 6) is 0. The molecule has 0 unspecified atom stereocenters. The van der Waals surface area contributed by atoms with Crippen LogP contribution < -0.4 is 0 Å². The number of alkyl halides is 2. The molecule has 3 aromatic rings. The van der Waals surface area contributed by atoms with E-state index in [0.717, 1.165) is 17.1 Å². The lowest BCUT2D eigenvalue weighted by atomic mass is 9.88. The highest BCUT2D eigenvalue weighted by Crippen LogP contribution is 2.43. The molecular weight excluding hydrogens is 384 g/mol. The third-order valence-electron chi connectivity index (χ3n) is 5.50. The van der Waals surface area contributed by atoms with Crippen molar-refractivity contribution in [2.75, 3.05) is 0 Å². The van der Waals surface area contributed by atoms with Crippen molar-refractivity contribution in [2.45, 2.75) is 50.4 Å². The van der Waals surface area contributed by atoms with Crippen LogP contribution in [-0.2, 0) is 4.74 Å². The van der Waals surface area contributed by atoms with Gasteiger partial charge in [0.25, 0.3) is 6.43 Å². The number of hydrogen-bond donors (Lipinski definition) is 3. The van der Waals surface area contributed by atoms with Crippen LogP contribution in [0.5, 0.6) is 0 Å². The fourth-order valence-corrected chi connectivity index (χ4v) is 3.79. The Morgan fingerprint density at radius 1 is 1.21 bits per heavy atom. The first-order valence-corrected chi connectivity index (χ1v) is 9.12. The number of fused-ring (bicyclic) bond motifs is 1. The van der Waals surface area contributed by atoms with Crippen LogP contribution in [0.1, 0.15) is 42.5 Å². The second kappa shape index (κ2) is 7.10. The predicted molar refractivity (Wildman–Crippen MR) is 99.2 cm³/mol. The maximum atomic E-state index is 13.0. The smallest absolute Gasteiger partial charge is 0.263 e. The van der Waals surface area contributed by atoms with Gasteiger partial charge in [-0.3, -0.25) is 0 Å². The molecule has 0 saturated carbocycles. The molecule has 1 aromatic carbocycles. The van der Waals surface area contributed by atoms with E-state index in [2.05, 4.69) is 9.97 Å². The van der Waals surface area contributed by atoms with Gasteiger partial charge in [0, 0.05) is 17.1 Å². The van der Waals surface area contributed by atoms with E-state index in [1.807, 2.05) is 6.92 Å². The van der Waals surface area contributed by atoms with Crippen LogP contribution in [0.4, 0.5) is 8.78 Å². The maximum Gasteiger partial charge on any atom is 0.263 e. The molecule has 3 N–H and O–H groups in total. The summed E-state index contributed by atoms with van der Waals surface area (Å²) in [7, 11) is 0. The van der Waals surface area contributed by atoms with E-state index in [1.165, 1.54) is 31.5 Å². The Balaban J connectivity index is 1.69. The Morgan fingerprint density at radius 3 is 2.66 bits per heavy atom. The van der Waals surface area contributed by atoms with Gasteiger partial charge in [-0.25, -0.2) is 18.7 Å². The van der Waals surface area contributed by atoms with Gasteiger partial charge in [-0.1, -0.05) is 18.2 Å². The van der Waals surface area contributed by atoms with Gasteiger partial charge in [-0.15, -0.1) is 0 Å². The summed E-state index contributed by atoms with van der Waals surface area (Å²) in [4.78, 5) is 8.34. The summed E-state index contributed by atoms with van der Waals surface area (Å²) in [6, 6.07) is 7.05. The summed E-state index contributed by atoms with van der Waals surface area (Å²) in [5.41, 5.74) is -0.680. The van der Waals surface area contributed by atoms with Crippen molar-refractivity contribution in [2.24, 2.45) is 0 Å². The van der Waals surface area contributed by atoms with E-state index < -0.39 is 36.6 Å². The first-order chi connectivity index (χ1) is 13.7. The molecule has 0 radical (unpaired) electrons. The van der Waals surface area contributed by atoms with Crippen LogP contribution in [0, 0.1) is 6.92 Å². The average Bonchev–Trinajstić information content (AvgIpc) is 3.22. The van der Waals surface area contributed by atoms with Crippen LogP contribution in [-0.4, -0.2) is 47.7 Å². The molecule has 29 heavy (non-hydrogen) atoms. The van der Waals surface area contributed by atoms with Crippen LogP contribution in [0.25, 0.3) is 11.0 Å². The lowest BCUT2D eigenvalue weighted by Gasteiger charge is -2.29. The molecular formula is C20H21F2N3O4. The van der Waals surface area contributed by atoms with E-state index in [0.29, 0.717) is 5.65 Å². The first-order valence-electron chi connectivity index (χ1n) is 9.12. The Hall–Kier alpha value is -2.46. The monoisotopic (exact) mass is 405 g/mol. The Labute approximate surface area is 165 Å². The Bertz CT molecular complexity index is 1040. The summed E-state index contributed by atoms with van der Waals surface area (Å²) in [5, 5.41) is 33.2. The third-order valence-corrected chi connectivity index (χ3v) is 5.50. The highest BCUT2D eigenvalue weighted by molar-refractivity contribution is 5.78. The van der Waals surface area contributed by atoms with Crippen LogP contribution in [0.15, 0.2) is 42.9 Å². The topological polar surface area (TPSA) is 101 Å². The highest BCUT2D eigenvalue weighted by Gasteiger charge is 2.55. The summed E-state index contributed by atoms with van der Waals surface area (Å²) in [6.07, 6.45) is -4.77. The summed E-state index contributed by atoms with van der Waals surface area (Å²) in [6.45, 7) is 3.16. The standard InChI is InChI=1S/C20H21F2N3O4/c1-10-13-6-7-25(18(13)24-9-23-10)19-15(27)20(2,28)16(29-19)14(26)11-4-3-5-12(8-11)17(21)22/h3-9,14-17,19,26-28H,1-2H3/t14-,15-,16+,19+,20-/m0/s1. The molecule has 3 heterocycles. The van der Waals surface area contributed by atoms with Crippen molar-refractivity contribution < 1.29 is 28.8 Å². The van der Waals surface area contributed by atoms with Crippen LogP contribution >= 0.6 is 0 Å². The Kier molecular flexibility index (Phi) is 4.86. The van der Waals surface area contributed by atoms with Gasteiger partial charge in [-0.2, -0.15) is 0 Å². The molecule has 1 aliphatic heterocycles. The van der Waals surface area contributed by atoms with Crippen LogP contribution in [0.3, 0.4) is 0 Å². The molecule has 5 atom stereocenters. The lowest BCUT2D eigenvalue weighted by Crippen LogP contribution is -2.47. The molecule has 154 valence electrons. The van der Waals surface area contributed by atoms with Crippen molar-refractivity contribution in [3.05, 3.63) is 59.7 Å². The van der Waals surface area contributed by atoms with Gasteiger partial charge in [0.2, 0.25) is 0 Å². The second-order valence-corrected chi connectivity index (χ2v) is 7.45. The number of aliphatic hydroxyl groups is 3. The summed E-state index contributed by atoms with van der Waals surface area (Å²) >= 11 is 0. The molecule has 0 spiro atoms. The number of nitrogens with zero attached hydrogens (tertiary/aromatic N) is 3. The van der Waals surface area contributed by atoms with Gasteiger partial charge in [0.1, 0.15) is 35.9 Å². The van der Waals surface area contributed by atoms with Gasteiger partial charge in [-0.05, 0) is 31.5 Å². The zero-order chi connectivity index (χ0) is 20.9. The van der Waals surface area contributed by atoms with Crippen molar-refractivity contribution in [1.82, 2.24) is 14.5 Å². The number of rotatable bonds is 4. The van der Waals surface area contributed by atoms with Gasteiger partial charge in [0.05, 0.1) is 5.69 Å². The molecule has 0 bridgehead atoms. The van der Waals surface area contributed by atoms with Crippen molar-refractivity contribution in [1.29, 1.82) is 0 Å². The molecule has 0 amide bonds. The fourth-order valence-electron chi connectivity index (χ4n) is 3.79. The minimum atomic E-state index is -2.69. The number of aliphatic hydroxyl groups excluding tert-OH is 2. The number of benzene rings is 1. The van der Waals surface area contributed by atoms with Crippen molar-refractivity contribution in [3.8, 4) is 0 Å². The Morgan fingerprint density at radius 2 is 1.93 bits per heavy atom. The fraction of sp³-hybridized carbons (Fsp3) is 0.400. The van der Waals surface area contributed by atoms with Crippen molar-refractivity contribution in [3.63, 3.8) is 0 Å². The van der Waals surface area contributed by atoms with Gasteiger partial charge < -0.3 is 24.6 Å². The number of ether oxygens (including phenoxy) is 1. The first kappa shape index (κ1) is 19.8. The largest absolute Gasteiger partial charge is 0.386 e. The van der Waals surface area contributed by atoms with E-state index in [1.54, 1.807) is 16.8 Å². The molecule has 9 heteroatoms. The highest BCUT2D eigenvalue weighted by atomic mass is 19.3. The minimum absolute atomic E-state index is 0.163. The van der Waals surface area contributed by atoms with E-state index in [-0.39, 0.29) is 11.1 Å². The quantitative estimate of drug-likeness (QED) is 0.616. The molecule has 4 rings (SSSR count). The van der Waals surface area contributed by atoms with Crippen LogP contribution in [0.2, 0.25) is 0 Å². The number of aryl methyl sites for hydroxylation is 1. The second-order valence-electron chi connectivity index (χ2n) is 7.45. The maximum absolute atomic E-state index is 13.0. The zero-order valence-corrected chi connectivity index (χ0v) is 15.8. The molecule has 0 aliphatic carbocycles. The average molecular weight is 405 g/mol. The SMILES string of the molecule is Cc1ncnc2c1ccn2[C@@H]1O[C@H]([C@@H](O)c2cccc(C(F)F)c2)[C@@](C)(O)[C@H]1O. The molecule has 1 saturated heterocycles. The molecule has 1 aliphatic rings. The van der Waals surface area contributed by atoms with Crippen molar-refractivity contribution >= 4 is 11.0 Å². The minimum Gasteiger partial charge on any atom is -0.386 e. The number of aromatic nitrogens is 3. The predicted octanol–water partition coefficient (Wildman–Crippen LogP) is 2.42. The lowest BCUT2D eigenvalue weighted by molar-refractivity contribution is -0.115. The molecule has 1 fully saturated rings. The third kappa shape index (κ3) is 3.20. The van der Waals surface area contributed by atoms with E-state index >= 15 is 0 Å². The van der Waals surface area contributed by atoms with Gasteiger partial charge >= 0.3 is 0 Å². The molecule has 2 aromatic heterocycles. The number of hydrogen-bond acceptors (Lipinski definition) is 6. The van der Waals surface area contributed by atoms with E-state index in [9.17, 15) is 24.1 Å².